The molecule has 1 unspecified atom stereocenters. The van der Waals surface area contributed by atoms with Crippen molar-refractivity contribution in [2.75, 3.05) is 10.8 Å². The van der Waals surface area contributed by atoms with Crippen LogP contribution < -0.4 is 9.04 Å². The number of hydrogen-bond acceptors (Lipinski definition) is 5. The minimum Gasteiger partial charge on any atom is -0.481 e. The largest absolute Gasteiger partial charge is 0.481 e. The molecule has 1 aliphatic rings. The van der Waals surface area contributed by atoms with E-state index in [0.717, 1.165) is 16.7 Å². The Balaban J connectivity index is 1.46. The van der Waals surface area contributed by atoms with Gasteiger partial charge in [-0.2, -0.15) is 0 Å². The number of fused-ring (bicyclic) bond motifs is 1. The summed E-state index contributed by atoms with van der Waals surface area (Å²) in [7, 11) is -3.88. The topological polar surface area (TPSA) is 96.8 Å². The molecule has 1 aromatic heterocycles. The fourth-order valence-electron chi connectivity index (χ4n) is 4.42. The van der Waals surface area contributed by atoms with E-state index in [0.29, 0.717) is 23.7 Å². The number of hydrogen-bond donors (Lipinski definition) is 1. The van der Waals surface area contributed by atoms with Gasteiger partial charge >= 0.3 is 5.97 Å². The third-order valence-corrected chi connectivity index (χ3v) is 8.00. The first kappa shape index (κ1) is 23.6. The highest BCUT2D eigenvalue weighted by Gasteiger charge is 2.37. The highest BCUT2D eigenvalue weighted by atomic mass is 32.2. The molecule has 0 fully saturated rings. The van der Waals surface area contributed by atoms with Crippen LogP contribution in [0.5, 0.6) is 11.6 Å². The number of carbonyl (C=O) groups is 1. The Morgan fingerprint density at radius 1 is 0.944 bits per heavy atom. The van der Waals surface area contributed by atoms with Gasteiger partial charge in [0.15, 0.2) is 0 Å². The number of anilines is 1. The van der Waals surface area contributed by atoms with Gasteiger partial charge in [-0.3, -0.25) is 9.10 Å². The summed E-state index contributed by atoms with van der Waals surface area (Å²) in [5.41, 5.74) is 3.40. The van der Waals surface area contributed by atoms with Crippen LogP contribution >= 0.6 is 0 Å². The Bertz CT molecular complexity index is 1470. The van der Waals surface area contributed by atoms with E-state index in [2.05, 4.69) is 4.98 Å². The molecule has 7 nitrogen and oxygen atoms in total. The second-order valence-corrected chi connectivity index (χ2v) is 10.4. The molecule has 0 amide bonds. The lowest BCUT2D eigenvalue weighted by atomic mass is 9.93. The Labute approximate surface area is 209 Å². The lowest BCUT2D eigenvalue weighted by Crippen LogP contribution is -2.30. The number of aromatic nitrogens is 1. The smallest absolute Gasteiger partial charge is 0.303 e. The molecule has 0 spiro atoms. The highest BCUT2D eigenvalue weighted by Crippen LogP contribution is 2.43. The van der Waals surface area contributed by atoms with E-state index in [-0.39, 0.29) is 23.8 Å². The summed E-state index contributed by atoms with van der Waals surface area (Å²) in [4.78, 5) is 15.5. The highest BCUT2D eigenvalue weighted by molar-refractivity contribution is 7.92. The van der Waals surface area contributed by atoms with Gasteiger partial charge in [-0.05, 0) is 65.6 Å². The molecule has 1 aliphatic heterocycles. The fraction of sp³-hybridized carbons (Fsp3) is 0.143. The molecule has 1 N–H and O–H groups in total. The van der Waals surface area contributed by atoms with Gasteiger partial charge in [-0.25, -0.2) is 13.4 Å². The molecule has 2 heterocycles. The average Bonchev–Trinajstić information content (AvgIpc) is 3.28. The molecule has 5 rings (SSSR count). The van der Waals surface area contributed by atoms with E-state index in [1.54, 1.807) is 36.5 Å². The van der Waals surface area contributed by atoms with Crippen molar-refractivity contribution in [3.8, 4) is 22.8 Å². The minimum absolute atomic E-state index is 0.0346. The maximum absolute atomic E-state index is 13.7. The summed E-state index contributed by atoms with van der Waals surface area (Å²) in [5.74, 6) is -0.236. The zero-order valence-electron chi connectivity index (χ0n) is 19.3. The summed E-state index contributed by atoms with van der Waals surface area (Å²) in [6.07, 6.45) is 1.93. The molecular formula is C28H24N2O5S. The first-order valence-electron chi connectivity index (χ1n) is 11.5. The number of benzene rings is 3. The van der Waals surface area contributed by atoms with Gasteiger partial charge in [-0.15, -0.1) is 0 Å². The first-order valence-corrected chi connectivity index (χ1v) is 13.0. The molecule has 3 aromatic carbocycles. The molecule has 0 aliphatic carbocycles. The van der Waals surface area contributed by atoms with Crippen molar-refractivity contribution in [1.82, 2.24) is 4.98 Å². The monoisotopic (exact) mass is 500 g/mol. The zero-order chi connectivity index (χ0) is 25.1. The molecule has 0 saturated carbocycles. The molecule has 1 atom stereocenters. The standard InChI is InChI=1S/C28H24N2O5S/c31-28(32)16-10-22-19-30(26-15-9-21(18-25(22)26)20-6-2-1-3-7-20)36(33,34)24-13-11-23(12-14-24)35-27-8-4-5-17-29-27/h1-9,11-15,17-18,22H,10,16,19H2,(H,31,32). The Morgan fingerprint density at radius 2 is 1.69 bits per heavy atom. The quantitative estimate of drug-likeness (QED) is 0.333. The molecule has 0 bridgehead atoms. The van der Waals surface area contributed by atoms with E-state index in [1.807, 2.05) is 48.5 Å². The van der Waals surface area contributed by atoms with Crippen LogP contribution in [0.1, 0.15) is 24.3 Å². The van der Waals surface area contributed by atoms with Gasteiger partial charge in [0, 0.05) is 31.1 Å². The number of sulfonamides is 1. The molecule has 36 heavy (non-hydrogen) atoms. The minimum atomic E-state index is -3.88. The summed E-state index contributed by atoms with van der Waals surface area (Å²) < 4.78 is 34.4. The van der Waals surface area contributed by atoms with Crippen LogP contribution in [-0.4, -0.2) is 31.0 Å². The SMILES string of the molecule is O=C(O)CCC1CN(S(=O)(=O)c2ccc(Oc3ccccn3)cc2)c2ccc(-c3ccccc3)cc21. The molecular weight excluding hydrogens is 476 g/mol. The van der Waals surface area contributed by atoms with Crippen LogP contribution in [0.2, 0.25) is 0 Å². The maximum Gasteiger partial charge on any atom is 0.303 e. The van der Waals surface area contributed by atoms with Crippen LogP contribution in [0.4, 0.5) is 5.69 Å². The van der Waals surface area contributed by atoms with Gasteiger partial charge < -0.3 is 9.84 Å². The van der Waals surface area contributed by atoms with Crippen molar-refractivity contribution in [3.05, 3.63) is 103 Å². The van der Waals surface area contributed by atoms with Crippen LogP contribution in [-0.2, 0) is 14.8 Å². The molecule has 8 heteroatoms. The number of carboxylic acid groups (broad SMARTS) is 1. The summed E-state index contributed by atoms with van der Waals surface area (Å²) in [6, 6.07) is 27.0. The van der Waals surface area contributed by atoms with E-state index in [1.165, 1.54) is 16.4 Å². The van der Waals surface area contributed by atoms with Crippen LogP contribution in [0.3, 0.4) is 0 Å². The summed E-state index contributed by atoms with van der Waals surface area (Å²) in [6.45, 7) is 0.190. The second-order valence-electron chi connectivity index (χ2n) is 8.55. The van der Waals surface area contributed by atoms with E-state index < -0.39 is 16.0 Å². The molecule has 4 aromatic rings. The van der Waals surface area contributed by atoms with Crippen LogP contribution in [0.25, 0.3) is 11.1 Å². The Morgan fingerprint density at radius 3 is 2.39 bits per heavy atom. The number of carboxylic acids is 1. The molecule has 182 valence electrons. The predicted octanol–water partition coefficient (Wildman–Crippen LogP) is 5.70. The van der Waals surface area contributed by atoms with Crippen LogP contribution in [0, 0.1) is 0 Å². The Hall–Kier alpha value is -4.17. The van der Waals surface area contributed by atoms with E-state index >= 15 is 0 Å². The van der Waals surface area contributed by atoms with Gasteiger partial charge in [0.2, 0.25) is 5.88 Å². The van der Waals surface area contributed by atoms with Crippen molar-refractivity contribution >= 4 is 21.7 Å². The maximum atomic E-state index is 13.7. The van der Waals surface area contributed by atoms with Gasteiger partial charge in [0.05, 0.1) is 10.6 Å². The zero-order valence-corrected chi connectivity index (χ0v) is 20.1. The molecule has 0 saturated heterocycles. The van der Waals surface area contributed by atoms with Gasteiger partial charge in [0.25, 0.3) is 10.0 Å². The van der Waals surface area contributed by atoms with Gasteiger partial charge in [-0.1, -0.05) is 42.5 Å². The number of nitrogens with zero attached hydrogens (tertiary/aromatic N) is 2. The molecule has 0 radical (unpaired) electrons. The summed E-state index contributed by atoms with van der Waals surface area (Å²) in [5, 5.41) is 9.24. The summed E-state index contributed by atoms with van der Waals surface area (Å²) >= 11 is 0. The third-order valence-electron chi connectivity index (χ3n) is 6.21. The van der Waals surface area contributed by atoms with Crippen LogP contribution in [0.15, 0.2) is 102 Å². The third kappa shape index (κ3) is 4.81. The van der Waals surface area contributed by atoms with Crippen molar-refractivity contribution in [2.45, 2.75) is 23.7 Å². The number of aliphatic carboxylic acids is 1. The van der Waals surface area contributed by atoms with Crippen molar-refractivity contribution < 1.29 is 23.1 Å². The van der Waals surface area contributed by atoms with E-state index in [9.17, 15) is 18.3 Å². The average molecular weight is 501 g/mol. The van der Waals surface area contributed by atoms with Crippen molar-refractivity contribution in [3.63, 3.8) is 0 Å². The predicted molar refractivity (Wildman–Crippen MR) is 137 cm³/mol. The first-order chi connectivity index (χ1) is 17.4. The number of ether oxygens (including phenoxy) is 1. The normalized spacial score (nSPS) is 14.9. The van der Waals surface area contributed by atoms with E-state index in [4.69, 9.17) is 4.74 Å². The number of pyridine rings is 1. The van der Waals surface area contributed by atoms with Crippen molar-refractivity contribution in [1.29, 1.82) is 0 Å². The van der Waals surface area contributed by atoms with Crippen molar-refractivity contribution in [2.24, 2.45) is 0 Å². The van der Waals surface area contributed by atoms with Gasteiger partial charge in [0.1, 0.15) is 5.75 Å². The Kier molecular flexibility index (Phi) is 6.43. The lowest BCUT2D eigenvalue weighted by molar-refractivity contribution is -0.137. The number of rotatable bonds is 8. The lowest BCUT2D eigenvalue weighted by Gasteiger charge is -2.20. The fourth-order valence-corrected chi connectivity index (χ4v) is 5.96. The second kappa shape index (κ2) is 9.83.